The van der Waals surface area contributed by atoms with Crippen molar-refractivity contribution in [3.05, 3.63) is 35.9 Å². The van der Waals surface area contributed by atoms with E-state index in [1.165, 1.54) is 0 Å². The maximum absolute atomic E-state index is 12.6. The number of carbonyl (C=O) groups excluding carboxylic acids is 3. The molecule has 6 atom stereocenters. The van der Waals surface area contributed by atoms with Crippen LogP contribution in [-0.2, 0) is 40.0 Å². The third kappa shape index (κ3) is 9.11. The van der Waals surface area contributed by atoms with Crippen molar-refractivity contribution < 1.29 is 38.5 Å². The van der Waals surface area contributed by atoms with Gasteiger partial charge < -0.3 is 30.8 Å². The fourth-order valence-electron chi connectivity index (χ4n) is 2.86. The highest BCUT2D eigenvalue weighted by molar-refractivity contribution is 5.83. The van der Waals surface area contributed by atoms with E-state index in [0.717, 1.165) is 0 Å². The topological polar surface area (TPSA) is 168 Å². The molecule has 0 amide bonds. The molecule has 1 rings (SSSR count). The molecule has 0 fully saturated rings. The van der Waals surface area contributed by atoms with Crippen LogP contribution in [0.25, 0.3) is 0 Å². The summed E-state index contributed by atoms with van der Waals surface area (Å²) in [6.07, 6.45) is -3.16. The van der Waals surface area contributed by atoms with Crippen molar-refractivity contribution in [3.63, 3.8) is 0 Å². The number of esters is 3. The van der Waals surface area contributed by atoms with Crippen molar-refractivity contribution in [2.24, 2.45) is 23.3 Å². The number of rotatable bonds is 14. The number of hydrogen-bond donors (Lipinski definition) is 3. The summed E-state index contributed by atoms with van der Waals surface area (Å²) < 4.78 is 15.6. The van der Waals surface area contributed by atoms with Gasteiger partial charge in [-0.25, -0.2) is 4.79 Å². The molecule has 2 unspecified atom stereocenters. The summed E-state index contributed by atoms with van der Waals surface area (Å²) in [5, 5.41) is 9.71. The second-order valence-electron chi connectivity index (χ2n) is 8.34. The summed E-state index contributed by atoms with van der Waals surface area (Å²) in [5.74, 6) is -4.88. The van der Waals surface area contributed by atoms with Crippen molar-refractivity contribution in [1.29, 1.82) is 0 Å². The van der Waals surface area contributed by atoms with Gasteiger partial charge in [-0.3, -0.25) is 14.4 Å². The minimum Gasteiger partial charge on any atom is -0.478 e. The summed E-state index contributed by atoms with van der Waals surface area (Å²) in [5.41, 5.74) is 12.5. The van der Waals surface area contributed by atoms with Gasteiger partial charge in [-0.1, -0.05) is 70.9 Å². The summed E-state index contributed by atoms with van der Waals surface area (Å²) >= 11 is 0. The zero-order valence-electron chi connectivity index (χ0n) is 20.1. The molecule has 10 heteroatoms. The highest BCUT2D eigenvalue weighted by atomic mass is 16.6. The van der Waals surface area contributed by atoms with Gasteiger partial charge in [0.1, 0.15) is 18.7 Å². The smallest absolute Gasteiger partial charge is 0.349 e. The molecule has 0 radical (unpaired) electrons. The Morgan fingerprint density at radius 1 is 0.882 bits per heavy atom. The average Bonchev–Trinajstić information content (AvgIpc) is 2.83. The van der Waals surface area contributed by atoms with Crippen molar-refractivity contribution >= 4 is 23.9 Å². The highest BCUT2D eigenvalue weighted by Crippen LogP contribution is 2.17. The second kappa shape index (κ2) is 14.3. The van der Waals surface area contributed by atoms with E-state index in [1.54, 1.807) is 44.2 Å². The maximum atomic E-state index is 12.6. The van der Waals surface area contributed by atoms with Gasteiger partial charge >= 0.3 is 23.9 Å². The minimum atomic E-state index is -1.97. The van der Waals surface area contributed by atoms with Crippen LogP contribution < -0.4 is 11.5 Å². The predicted octanol–water partition coefficient (Wildman–Crippen LogP) is 1.77. The quantitative estimate of drug-likeness (QED) is 0.263. The lowest BCUT2D eigenvalue weighted by Crippen LogP contribution is -2.49. The third-order valence-corrected chi connectivity index (χ3v) is 5.76. The number of carbonyl (C=O) groups is 4. The van der Waals surface area contributed by atoms with Crippen LogP contribution in [0.3, 0.4) is 0 Å². The number of nitrogens with two attached hydrogens (primary N) is 2. The number of aliphatic carboxylic acids is 1. The molecule has 0 aromatic heterocycles. The maximum Gasteiger partial charge on any atom is 0.349 e. The molecule has 34 heavy (non-hydrogen) atoms. The number of ether oxygens (including phenoxy) is 3. The number of benzene rings is 1. The first-order chi connectivity index (χ1) is 16.0. The monoisotopic (exact) mass is 480 g/mol. The SMILES string of the molecule is CC[C@H](C)[C@H](N)C(=O)OC(CC(=O)OCc1ccccc1)C(OC(=O)[C@@H](N)[C@@H](C)CC)C(=O)O. The summed E-state index contributed by atoms with van der Waals surface area (Å²) in [6.45, 7) is 7.02. The van der Waals surface area contributed by atoms with Gasteiger partial charge in [-0.2, -0.15) is 0 Å². The normalized spacial score (nSPS) is 16.3. The van der Waals surface area contributed by atoms with E-state index in [4.69, 9.17) is 25.7 Å². The lowest BCUT2D eigenvalue weighted by atomic mass is 10.00. The largest absolute Gasteiger partial charge is 0.478 e. The van der Waals surface area contributed by atoms with E-state index in [2.05, 4.69) is 0 Å². The van der Waals surface area contributed by atoms with Crippen molar-refractivity contribution in [2.45, 2.75) is 77.9 Å². The molecule has 5 N–H and O–H groups in total. The van der Waals surface area contributed by atoms with E-state index in [-0.39, 0.29) is 18.4 Å². The van der Waals surface area contributed by atoms with Crippen LogP contribution in [0.5, 0.6) is 0 Å². The van der Waals surface area contributed by atoms with Crippen LogP contribution in [0.1, 0.15) is 52.5 Å². The van der Waals surface area contributed by atoms with Crippen molar-refractivity contribution in [3.8, 4) is 0 Å². The Kier molecular flexibility index (Phi) is 12.2. The first-order valence-corrected chi connectivity index (χ1v) is 11.4. The van der Waals surface area contributed by atoms with Gasteiger partial charge in [0, 0.05) is 0 Å². The molecule has 1 aromatic rings. The van der Waals surface area contributed by atoms with Gasteiger partial charge in [0.15, 0.2) is 6.10 Å². The molecule has 0 spiro atoms. The lowest BCUT2D eigenvalue weighted by Gasteiger charge is -2.27. The molecule has 0 saturated heterocycles. The Labute approximate surface area is 199 Å². The predicted molar refractivity (Wildman–Crippen MR) is 123 cm³/mol. The van der Waals surface area contributed by atoms with Crippen LogP contribution in [-0.4, -0.2) is 53.3 Å². The molecule has 0 heterocycles. The average molecular weight is 481 g/mol. The minimum absolute atomic E-state index is 0.0663. The summed E-state index contributed by atoms with van der Waals surface area (Å²) in [7, 11) is 0. The molecule has 0 aliphatic rings. The fraction of sp³-hybridized carbons (Fsp3) is 0.583. The molecule has 0 aliphatic carbocycles. The summed E-state index contributed by atoms with van der Waals surface area (Å²) in [4.78, 5) is 49.4. The number of carboxylic acid groups (broad SMARTS) is 1. The zero-order valence-corrected chi connectivity index (χ0v) is 20.1. The summed E-state index contributed by atoms with van der Waals surface area (Å²) in [6, 6.07) is 6.69. The number of carboxylic acids is 1. The Morgan fingerprint density at radius 3 is 1.85 bits per heavy atom. The third-order valence-electron chi connectivity index (χ3n) is 5.76. The molecule has 0 bridgehead atoms. The molecular weight excluding hydrogens is 444 g/mol. The standard InChI is InChI=1S/C24H36N2O8/c1-5-14(3)19(25)23(30)33-17(12-18(27)32-13-16-10-8-7-9-11-16)21(22(28)29)34-24(31)20(26)15(4)6-2/h7-11,14-15,17,19-21H,5-6,12-13,25-26H2,1-4H3,(H,28,29)/t14-,15-,17?,19-,20-,21?/m0/s1. The van der Waals surface area contributed by atoms with Crippen LogP contribution in [0, 0.1) is 11.8 Å². The second-order valence-corrected chi connectivity index (χ2v) is 8.34. The first-order valence-electron chi connectivity index (χ1n) is 11.4. The Morgan fingerprint density at radius 2 is 1.38 bits per heavy atom. The van der Waals surface area contributed by atoms with Gasteiger partial charge in [0.05, 0.1) is 6.42 Å². The molecule has 0 saturated carbocycles. The van der Waals surface area contributed by atoms with E-state index in [9.17, 15) is 24.3 Å². The Balaban J connectivity index is 3.05. The number of hydrogen-bond acceptors (Lipinski definition) is 9. The highest BCUT2D eigenvalue weighted by Gasteiger charge is 2.39. The van der Waals surface area contributed by atoms with Gasteiger partial charge in [0.25, 0.3) is 0 Å². The van der Waals surface area contributed by atoms with Crippen molar-refractivity contribution in [2.75, 3.05) is 0 Å². The molecule has 190 valence electrons. The lowest BCUT2D eigenvalue weighted by molar-refractivity contribution is -0.184. The molecule has 10 nitrogen and oxygen atoms in total. The van der Waals surface area contributed by atoms with Crippen LogP contribution >= 0.6 is 0 Å². The van der Waals surface area contributed by atoms with E-state index >= 15 is 0 Å². The van der Waals surface area contributed by atoms with Crippen LogP contribution in [0.4, 0.5) is 0 Å². The Bertz CT molecular complexity index is 816. The van der Waals surface area contributed by atoms with E-state index in [0.29, 0.717) is 18.4 Å². The van der Waals surface area contributed by atoms with Crippen LogP contribution in [0.2, 0.25) is 0 Å². The van der Waals surface area contributed by atoms with E-state index in [1.807, 2.05) is 13.8 Å². The Hall–Kier alpha value is -2.98. The zero-order chi connectivity index (χ0) is 25.8. The first kappa shape index (κ1) is 29.1. The molecule has 1 aromatic carbocycles. The van der Waals surface area contributed by atoms with Gasteiger partial charge in [-0.05, 0) is 17.4 Å². The molecule has 0 aliphatic heterocycles. The van der Waals surface area contributed by atoms with Gasteiger partial charge in [0.2, 0.25) is 6.10 Å². The van der Waals surface area contributed by atoms with E-state index < -0.39 is 54.6 Å². The van der Waals surface area contributed by atoms with Crippen LogP contribution in [0.15, 0.2) is 30.3 Å². The molecular formula is C24H36N2O8. The fourth-order valence-corrected chi connectivity index (χ4v) is 2.86. The van der Waals surface area contributed by atoms with Gasteiger partial charge in [-0.15, -0.1) is 0 Å². The van der Waals surface area contributed by atoms with Crippen molar-refractivity contribution in [1.82, 2.24) is 0 Å².